The fourth-order valence-corrected chi connectivity index (χ4v) is 5.40. The molecule has 0 aromatic carbocycles. The Hall–Kier alpha value is -0.480. The van der Waals surface area contributed by atoms with E-state index in [1.807, 2.05) is 41.5 Å². The van der Waals surface area contributed by atoms with Crippen LogP contribution in [0.4, 0.5) is 0 Å². The zero-order valence-corrected chi connectivity index (χ0v) is 22.6. The molecule has 0 bridgehead atoms. The summed E-state index contributed by atoms with van der Waals surface area (Å²) in [6.45, 7) is 10.9. The molecule has 0 unspecified atom stereocenters. The molecule has 4 fully saturated rings. The van der Waals surface area contributed by atoms with Crippen LogP contribution in [0.5, 0.6) is 0 Å². The van der Waals surface area contributed by atoms with E-state index in [-0.39, 0.29) is 13.2 Å². The molecule has 0 saturated carbocycles. The molecule has 0 spiro atoms. The van der Waals surface area contributed by atoms with E-state index < -0.39 is 78.8 Å². The fourth-order valence-electron chi connectivity index (χ4n) is 5.40. The minimum Gasteiger partial charge on any atom is -0.394 e. The Labute approximate surface area is 212 Å². The first-order valence-corrected chi connectivity index (χ1v) is 12.4. The van der Waals surface area contributed by atoms with Crippen LogP contribution < -0.4 is 0 Å². The average molecular weight is 523 g/mol. The van der Waals surface area contributed by atoms with Gasteiger partial charge in [-0.2, -0.15) is 0 Å². The molecular weight excluding hydrogens is 480 g/mol. The Morgan fingerprint density at radius 1 is 0.806 bits per heavy atom. The second-order valence-corrected chi connectivity index (χ2v) is 10.9. The first-order valence-electron chi connectivity index (χ1n) is 12.4. The number of aliphatic hydroxyl groups is 1. The Morgan fingerprint density at radius 2 is 1.42 bits per heavy atom. The third kappa shape index (κ3) is 5.75. The van der Waals surface area contributed by atoms with Gasteiger partial charge in [0.05, 0.1) is 13.2 Å². The predicted octanol–water partition coefficient (Wildman–Crippen LogP) is 0.914. The molecule has 36 heavy (non-hydrogen) atoms. The van der Waals surface area contributed by atoms with E-state index in [4.69, 9.17) is 52.1 Å². The number of fused-ring (bicyclic) bond motifs is 1. The normalized spacial score (nSPS) is 42.1. The summed E-state index contributed by atoms with van der Waals surface area (Å²) in [5.41, 5.74) is 0. The van der Waals surface area contributed by atoms with E-state index in [1.54, 1.807) is 7.11 Å². The maximum atomic E-state index is 10.1. The molecule has 0 aromatic rings. The number of rotatable bonds is 9. The van der Waals surface area contributed by atoms with Crippen molar-refractivity contribution in [3.8, 4) is 0 Å². The maximum absolute atomic E-state index is 10.1. The molecule has 4 heterocycles. The van der Waals surface area contributed by atoms with Gasteiger partial charge in [-0.25, -0.2) is 0 Å². The van der Waals surface area contributed by atoms with Crippen molar-refractivity contribution in [1.29, 1.82) is 0 Å². The van der Waals surface area contributed by atoms with Gasteiger partial charge in [0.15, 0.2) is 29.9 Å². The van der Waals surface area contributed by atoms with Gasteiger partial charge in [-0.3, -0.25) is 0 Å². The van der Waals surface area contributed by atoms with E-state index in [1.165, 1.54) is 14.2 Å². The van der Waals surface area contributed by atoms with Crippen LogP contribution in [0.1, 0.15) is 41.5 Å². The molecule has 4 rings (SSSR count). The largest absolute Gasteiger partial charge is 0.394 e. The number of hydrogen-bond acceptors (Lipinski definition) is 12. The van der Waals surface area contributed by atoms with E-state index >= 15 is 0 Å². The van der Waals surface area contributed by atoms with Crippen LogP contribution in [-0.4, -0.2) is 118 Å². The van der Waals surface area contributed by atoms with Gasteiger partial charge in [0, 0.05) is 21.3 Å². The summed E-state index contributed by atoms with van der Waals surface area (Å²) in [5.74, 6) is -2.64. The lowest BCUT2D eigenvalue weighted by atomic mass is 9.98. The van der Waals surface area contributed by atoms with Crippen molar-refractivity contribution < 1.29 is 57.2 Å². The topological polar surface area (TPSA) is 122 Å². The van der Waals surface area contributed by atoms with Crippen molar-refractivity contribution >= 4 is 0 Å². The number of methoxy groups -OCH3 is 3. The predicted molar refractivity (Wildman–Crippen MR) is 122 cm³/mol. The zero-order chi connectivity index (χ0) is 26.5. The number of aliphatic hydroxyl groups excluding tert-OH is 1. The molecule has 0 radical (unpaired) electrons. The van der Waals surface area contributed by atoms with Gasteiger partial charge in [0.25, 0.3) is 0 Å². The Kier molecular flexibility index (Phi) is 8.39. The van der Waals surface area contributed by atoms with Crippen LogP contribution >= 0.6 is 0 Å². The van der Waals surface area contributed by atoms with Crippen LogP contribution in [0.3, 0.4) is 0 Å². The molecule has 4 aliphatic heterocycles. The van der Waals surface area contributed by atoms with E-state index in [2.05, 4.69) is 0 Å². The highest BCUT2D eigenvalue weighted by atomic mass is 16.8. The first-order chi connectivity index (χ1) is 16.8. The van der Waals surface area contributed by atoms with E-state index in [0.717, 1.165) is 0 Å². The van der Waals surface area contributed by atoms with Crippen molar-refractivity contribution in [2.45, 2.75) is 120 Å². The van der Waals surface area contributed by atoms with Crippen LogP contribution in [0.2, 0.25) is 0 Å². The molecule has 0 aromatic heterocycles. The van der Waals surface area contributed by atoms with Crippen LogP contribution in [0.25, 0.3) is 0 Å². The Bertz CT molecular complexity index is 741. The summed E-state index contributed by atoms with van der Waals surface area (Å²) in [6, 6.07) is 0. The number of hydrogen-bond donors (Lipinski definition) is 1. The fraction of sp³-hybridized carbons (Fsp3) is 1.00. The SMILES string of the molecule is COC(OC)[C@@H]1OC(C)(C)O[C@H]1[C@H](O[C@@H]1O[C@H](CO)[C@@H]2OC(C)(C)O[C@@H]2[C@H]1OC)[C@H]1COC(C)(C)O1. The van der Waals surface area contributed by atoms with Gasteiger partial charge in [-0.1, -0.05) is 0 Å². The highest BCUT2D eigenvalue weighted by Crippen LogP contribution is 2.42. The van der Waals surface area contributed by atoms with Crippen LogP contribution in [-0.2, 0) is 52.1 Å². The molecule has 0 aliphatic carbocycles. The molecule has 1 N–H and O–H groups in total. The molecule has 9 atom stereocenters. The molecule has 12 heteroatoms. The smallest absolute Gasteiger partial charge is 0.187 e. The zero-order valence-electron chi connectivity index (χ0n) is 22.6. The van der Waals surface area contributed by atoms with E-state index in [9.17, 15) is 5.11 Å². The van der Waals surface area contributed by atoms with Crippen LogP contribution in [0.15, 0.2) is 0 Å². The minimum atomic E-state index is -0.945. The molecule has 0 amide bonds. The van der Waals surface area contributed by atoms with Crippen molar-refractivity contribution in [3.63, 3.8) is 0 Å². The molecular formula is C24H42O12. The third-order valence-electron chi connectivity index (χ3n) is 6.79. The van der Waals surface area contributed by atoms with Crippen LogP contribution in [0, 0.1) is 0 Å². The second-order valence-electron chi connectivity index (χ2n) is 10.9. The van der Waals surface area contributed by atoms with E-state index in [0.29, 0.717) is 0 Å². The summed E-state index contributed by atoms with van der Waals surface area (Å²) in [7, 11) is 4.62. The van der Waals surface area contributed by atoms with Gasteiger partial charge < -0.3 is 57.2 Å². The summed E-state index contributed by atoms with van der Waals surface area (Å²) in [4.78, 5) is 0. The van der Waals surface area contributed by atoms with Gasteiger partial charge in [0.1, 0.15) is 48.8 Å². The number of ether oxygens (including phenoxy) is 11. The van der Waals surface area contributed by atoms with Gasteiger partial charge >= 0.3 is 0 Å². The summed E-state index contributed by atoms with van der Waals surface area (Å²) < 4.78 is 66.4. The maximum Gasteiger partial charge on any atom is 0.187 e. The van der Waals surface area contributed by atoms with Crippen molar-refractivity contribution in [2.24, 2.45) is 0 Å². The average Bonchev–Trinajstić information content (AvgIpc) is 3.43. The highest BCUT2D eigenvalue weighted by Gasteiger charge is 2.59. The summed E-state index contributed by atoms with van der Waals surface area (Å²) in [5, 5.41) is 10.1. The van der Waals surface area contributed by atoms with Gasteiger partial charge in [0.2, 0.25) is 0 Å². The molecule has 4 aliphatic rings. The molecule has 210 valence electrons. The lowest BCUT2D eigenvalue weighted by Crippen LogP contribution is -2.61. The highest BCUT2D eigenvalue weighted by molar-refractivity contribution is 5.00. The summed E-state index contributed by atoms with van der Waals surface area (Å²) >= 11 is 0. The van der Waals surface area contributed by atoms with Crippen molar-refractivity contribution in [1.82, 2.24) is 0 Å². The monoisotopic (exact) mass is 522 g/mol. The quantitative estimate of drug-likeness (QED) is 0.433. The minimum absolute atomic E-state index is 0.252. The van der Waals surface area contributed by atoms with Gasteiger partial charge in [-0.15, -0.1) is 0 Å². The van der Waals surface area contributed by atoms with Crippen molar-refractivity contribution in [2.75, 3.05) is 34.5 Å². The molecule has 4 saturated heterocycles. The standard InChI is InChI=1S/C24H42O12/c1-22(2)29-11-13(32-22)14(16-19(20(27-8)28-9)36-24(5,6)34-16)31-21-18(26-7)17-15(12(10-25)30-21)33-23(3,4)35-17/h12-21,25H,10-11H2,1-9H3/t12-,13-,14-,15+,16+,17+,18-,19-,21+/m1/s1. The lowest BCUT2D eigenvalue weighted by Gasteiger charge is -2.43. The lowest BCUT2D eigenvalue weighted by molar-refractivity contribution is -0.319. The molecule has 12 nitrogen and oxygen atoms in total. The Morgan fingerprint density at radius 3 is 1.97 bits per heavy atom. The van der Waals surface area contributed by atoms with Gasteiger partial charge in [-0.05, 0) is 41.5 Å². The third-order valence-corrected chi connectivity index (χ3v) is 6.79. The summed E-state index contributed by atoms with van der Waals surface area (Å²) in [6.07, 6.45) is -6.70. The first kappa shape index (κ1) is 28.5. The van der Waals surface area contributed by atoms with Crippen molar-refractivity contribution in [3.05, 3.63) is 0 Å². The Balaban J connectivity index is 1.65. The second kappa shape index (κ2) is 10.6.